The Kier molecular flexibility index (Phi) is 5.59. The van der Waals surface area contributed by atoms with Crippen molar-refractivity contribution in [3.8, 4) is 11.4 Å². The minimum absolute atomic E-state index is 0.0626. The number of aromatic nitrogens is 1. The van der Waals surface area contributed by atoms with Gasteiger partial charge in [0.05, 0.1) is 12.5 Å². The lowest BCUT2D eigenvalue weighted by Crippen LogP contribution is -2.51. The lowest BCUT2D eigenvalue weighted by Gasteiger charge is -2.33. The molecule has 1 saturated heterocycles. The number of carboxylic acids is 1. The highest BCUT2D eigenvalue weighted by Gasteiger charge is 2.25. The van der Waals surface area contributed by atoms with Crippen LogP contribution in [-0.2, 0) is 0 Å². The second kappa shape index (κ2) is 8.34. The van der Waals surface area contributed by atoms with Gasteiger partial charge < -0.3 is 19.8 Å². The molecular formula is C21H22FN5O4. The van der Waals surface area contributed by atoms with Crippen LogP contribution in [0.2, 0.25) is 0 Å². The summed E-state index contributed by atoms with van der Waals surface area (Å²) >= 11 is 0. The van der Waals surface area contributed by atoms with Gasteiger partial charge in [-0.15, -0.1) is 0 Å². The summed E-state index contributed by atoms with van der Waals surface area (Å²) in [6, 6.07) is 9.93. The molecule has 2 aromatic carbocycles. The van der Waals surface area contributed by atoms with E-state index in [9.17, 15) is 14.7 Å². The summed E-state index contributed by atoms with van der Waals surface area (Å²) in [4.78, 5) is 24.5. The molecule has 0 spiro atoms. The molecule has 10 heteroatoms. The van der Waals surface area contributed by atoms with Gasteiger partial charge in [0.2, 0.25) is 5.43 Å². The number of rotatable bonds is 5. The standard InChI is InChI=1S/C21H22FN5O4/c1-31-20-17(24-26-9-7-25(23)8-10-26)16(22)11-14-18(20)27(13-5-3-2-4-6-13)12-15(19(14)28)21(29)30/h2-6,11-12,24H,7-10,23H2,1H3,(H,29,30). The smallest absolute Gasteiger partial charge is 0.341 e. The maximum Gasteiger partial charge on any atom is 0.341 e. The highest BCUT2D eigenvalue weighted by molar-refractivity contribution is 5.97. The van der Waals surface area contributed by atoms with Gasteiger partial charge in [-0.3, -0.25) is 10.6 Å². The summed E-state index contributed by atoms with van der Waals surface area (Å²) in [5, 5.41) is 12.9. The summed E-state index contributed by atoms with van der Waals surface area (Å²) < 4.78 is 22.2. The van der Waals surface area contributed by atoms with E-state index in [1.54, 1.807) is 29.3 Å². The zero-order valence-corrected chi connectivity index (χ0v) is 16.8. The summed E-state index contributed by atoms with van der Waals surface area (Å²) in [7, 11) is 1.38. The average molecular weight is 427 g/mol. The molecule has 1 aliphatic rings. The summed E-state index contributed by atoms with van der Waals surface area (Å²) in [5.74, 6) is 3.77. The molecule has 1 fully saturated rings. The number of benzene rings is 2. The number of ether oxygens (including phenoxy) is 1. The van der Waals surface area contributed by atoms with Crippen LogP contribution in [-0.4, -0.2) is 58.9 Å². The fourth-order valence-electron chi connectivity index (χ4n) is 3.67. The third-order valence-corrected chi connectivity index (χ3v) is 5.25. The number of pyridine rings is 1. The molecule has 0 unspecified atom stereocenters. The molecule has 0 amide bonds. The number of aromatic carboxylic acids is 1. The number of hydrogen-bond donors (Lipinski definition) is 3. The molecule has 31 heavy (non-hydrogen) atoms. The number of anilines is 1. The second-order valence-corrected chi connectivity index (χ2v) is 7.18. The number of carboxylic acid groups (broad SMARTS) is 1. The second-order valence-electron chi connectivity index (χ2n) is 7.18. The predicted molar refractivity (Wildman–Crippen MR) is 114 cm³/mol. The Bertz CT molecular complexity index is 1190. The first-order chi connectivity index (χ1) is 14.9. The van der Waals surface area contributed by atoms with Crippen molar-refractivity contribution in [2.45, 2.75) is 0 Å². The average Bonchev–Trinajstić information content (AvgIpc) is 2.77. The fourth-order valence-corrected chi connectivity index (χ4v) is 3.67. The monoisotopic (exact) mass is 427 g/mol. The number of hydrogen-bond acceptors (Lipinski definition) is 7. The molecule has 4 N–H and O–H groups in total. The molecule has 3 aromatic rings. The first-order valence-electron chi connectivity index (χ1n) is 9.66. The number of fused-ring (bicyclic) bond motifs is 1. The van der Waals surface area contributed by atoms with Crippen molar-refractivity contribution in [3.05, 3.63) is 64.2 Å². The Morgan fingerprint density at radius 3 is 2.48 bits per heavy atom. The van der Waals surface area contributed by atoms with Gasteiger partial charge >= 0.3 is 5.97 Å². The molecular weight excluding hydrogens is 405 g/mol. The molecule has 0 aliphatic carbocycles. The molecule has 0 atom stereocenters. The highest BCUT2D eigenvalue weighted by Crippen LogP contribution is 2.37. The number of methoxy groups -OCH3 is 1. The van der Waals surface area contributed by atoms with Crippen molar-refractivity contribution in [1.29, 1.82) is 0 Å². The van der Waals surface area contributed by atoms with E-state index in [1.165, 1.54) is 17.9 Å². The van der Waals surface area contributed by atoms with Crippen molar-refractivity contribution in [3.63, 3.8) is 0 Å². The molecule has 0 radical (unpaired) electrons. The van der Waals surface area contributed by atoms with Crippen LogP contribution in [0.3, 0.4) is 0 Å². The summed E-state index contributed by atoms with van der Waals surface area (Å²) in [5.41, 5.74) is 2.72. The van der Waals surface area contributed by atoms with Gasteiger partial charge in [-0.1, -0.05) is 18.2 Å². The van der Waals surface area contributed by atoms with E-state index in [0.717, 1.165) is 6.07 Å². The van der Waals surface area contributed by atoms with Crippen molar-refractivity contribution < 1.29 is 19.0 Å². The van der Waals surface area contributed by atoms with Gasteiger partial charge in [-0.2, -0.15) is 0 Å². The summed E-state index contributed by atoms with van der Waals surface area (Å²) in [6.45, 7) is 2.31. The van der Waals surface area contributed by atoms with E-state index < -0.39 is 22.8 Å². The van der Waals surface area contributed by atoms with Gasteiger partial charge in [0.15, 0.2) is 11.6 Å². The van der Waals surface area contributed by atoms with E-state index in [-0.39, 0.29) is 22.3 Å². The lowest BCUT2D eigenvalue weighted by molar-refractivity contribution is 0.0695. The number of nitrogens with two attached hydrogens (primary N) is 1. The van der Waals surface area contributed by atoms with Crippen LogP contribution in [0.25, 0.3) is 16.6 Å². The van der Waals surface area contributed by atoms with Crippen molar-refractivity contribution >= 4 is 22.6 Å². The maximum absolute atomic E-state index is 15.1. The number of nitrogens with zero attached hydrogens (tertiary/aromatic N) is 3. The van der Waals surface area contributed by atoms with E-state index in [4.69, 9.17) is 10.6 Å². The number of hydrazine groups is 2. The van der Waals surface area contributed by atoms with Gasteiger partial charge in [-0.05, 0) is 18.2 Å². The Balaban J connectivity index is 1.98. The Morgan fingerprint density at radius 2 is 1.87 bits per heavy atom. The quantitative estimate of drug-likeness (QED) is 0.527. The van der Waals surface area contributed by atoms with Crippen LogP contribution < -0.4 is 21.4 Å². The molecule has 1 aliphatic heterocycles. The maximum atomic E-state index is 15.1. The van der Waals surface area contributed by atoms with Crippen LogP contribution in [0.15, 0.2) is 47.4 Å². The van der Waals surface area contributed by atoms with Gasteiger partial charge in [0, 0.05) is 38.1 Å². The van der Waals surface area contributed by atoms with Crippen molar-refractivity contribution in [2.24, 2.45) is 5.84 Å². The zero-order chi connectivity index (χ0) is 22.1. The van der Waals surface area contributed by atoms with Crippen molar-refractivity contribution in [1.82, 2.24) is 14.6 Å². The van der Waals surface area contributed by atoms with E-state index in [2.05, 4.69) is 5.43 Å². The zero-order valence-electron chi connectivity index (χ0n) is 16.8. The molecule has 162 valence electrons. The van der Waals surface area contributed by atoms with E-state index >= 15 is 4.39 Å². The molecule has 1 aromatic heterocycles. The fraction of sp³-hybridized carbons (Fsp3) is 0.238. The van der Waals surface area contributed by atoms with E-state index in [0.29, 0.717) is 31.9 Å². The van der Waals surface area contributed by atoms with Crippen LogP contribution >= 0.6 is 0 Å². The van der Waals surface area contributed by atoms with Crippen LogP contribution in [0.4, 0.5) is 10.1 Å². The number of para-hydroxylation sites is 1. The number of piperazine rings is 1. The van der Waals surface area contributed by atoms with Gasteiger partial charge in [0.1, 0.15) is 16.8 Å². The highest BCUT2D eigenvalue weighted by atomic mass is 19.1. The minimum Gasteiger partial charge on any atom is -0.492 e. The predicted octanol–water partition coefficient (Wildman–Crippen LogP) is 1.65. The van der Waals surface area contributed by atoms with Gasteiger partial charge in [0.25, 0.3) is 0 Å². The van der Waals surface area contributed by atoms with Crippen LogP contribution in [0.1, 0.15) is 10.4 Å². The first-order valence-corrected chi connectivity index (χ1v) is 9.66. The normalized spacial score (nSPS) is 15.2. The number of carbonyl (C=O) groups is 1. The number of nitrogens with one attached hydrogen (secondary N) is 1. The topological polar surface area (TPSA) is 113 Å². The van der Waals surface area contributed by atoms with Crippen LogP contribution in [0, 0.1) is 5.82 Å². The molecule has 9 nitrogen and oxygen atoms in total. The summed E-state index contributed by atoms with van der Waals surface area (Å²) in [6.07, 6.45) is 1.24. The minimum atomic E-state index is -1.39. The molecule has 4 rings (SSSR count). The van der Waals surface area contributed by atoms with Crippen molar-refractivity contribution in [2.75, 3.05) is 38.7 Å². The first kappa shape index (κ1) is 20.8. The Labute approximate surface area is 177 Å². The third kappa shape index (κ3) is 3.83. The van der Waals surface area contributed by atoms with E-state index in [1.807, 2.05) is 11.1 Å². The third-order valence-electron chi connectivity index (χ3n) is 5.25. The lowest BCUT2D eigenvalue weighted by atomic mass is 10.1. The Morgan fingerprint density at radius 1 is 1.19 bits per heavy atom. The Hall–Kier alpha value is -3.47. The largest absolute Gasteiger partial charge is 0.492 e. The number of halogens is 1. The van der Waals surface area contributed by atoms with Crippen LogP contribution in [0.5, 0.6) is 5.75 Å². The molecule has 2 heterocycles. The SMILES string of the molecule is COc1c(NN2CCN(N)CC2)c(F)cc2c(=O)c(C(=O)O)cn(-c3ccccc3)c12. The van der Waals surface area contributed by atoms with Gasteiger partial charge in [-0.25, -0.2) is 19.2 Å². The molecule has 0 saturated carbocycles. The molecule has 0 bridgehead atoms.